The van der Waals surface area contributed by atoms with Gasteiger partial charge in [0.25, 0.3) is 0 Å². The lowest BCUT2D eigenvalue weighted by Crippen LogP contribution is -2.34. The van der Waals surface area contributed by atoms with Crippen molar-refractivity contribution in [3.8, 4) is 17.1 Å². The Hall–Kier alpha value is -3.21. The van der Waals surface area contributed by atoms with E-state index in [4.69, 9.17) is 14.9 Å². The van der Waals surface area contributed by atoms with E-state index in [0.29, 0.717) is 11.1 Å². The number of hydrogen-bond acceptors (Lipinski definition) is 8. The summed E-state index contributed by atoms with van der Waals surface area (Å²) in [5, 5.41) is 32.8. The van der Waals surface area contributed by atoms with Gasteiger partial charge in [0.15, 0.2) is 6.33 Å². The standard InChI is InChI=1S/C15H16FN5O5/c16-3-4-26-12-5-10(15-19-17-9-18-20-15)1-2-11(12)6-21(7-13(22)23)8-14(24)25/h1-2,5,9H,3-4,6-8H2,(H,22,23)(H,24,25). The number of carbonyl (C=O) groups is 2. The zero-order chi connectivity index (χ0) is 18.9. The van der Waals surface area contributed by atoms with Gasteiger partial charge < -0.3 is 14.9 Å². The van der Waals surface area contributed by atoms with Crippen LogP contribution >= 0.6 is 0 Å². The molecule has 26 heavy (non-hydrogen) atoms. The van der Waals surface area contributed by atoms with Gasteiger partial charge in [-0.2, -0.15) is 0 Å². The number of carboxylic acids is 2. The molecule has 0 atom stereocenters. The molecule has 1 heterocycles. The maximum absolute atomic E-state index is 12.5. The van der Waals surface area contributed by atoms with Crippen LogP contribution in [0.15, 0.2) is 24.5 Å². The lowest BCUT2D eigenvalue weighted by atomic mass is 10.1. The Morgan fingerprint density at radius 3 is 2.35 bits per heavy atom. The molecule has 138 valence electrons. The first kappa shape index (κ1) is 19.1. The second-order valence-electron chi connectivity index (χ2n) is 5.16. The predicted molar refractivity (Wildman–Crippen MR) is 85.1 cm³/mol. The molecule has 0 aliphatic carbocycles. The number of hydrogen-bond donors (Lipinski definition) is 2. The van der Waals surface area contributed by atoms with E-state index in [2.05, 4.69) is 20.4 Å². The molecule has 0 unspecified atom stereocenters. The summed E-state index contributed by atoms with van der Waals surface area (Å²) in [6, 6.07) is 4.79. The maximum atomic E-state index is 12.5. The van der Waals surface area contributed by atoms with Crippen LogP contribution in [-0.2, 0) is 16.1 Å². The highest BCUT2D eigenvalue weighted by molar-refractivity contribution is 5.72. The molecule has 0 bridgehead atoms. The normalized spacial score (nSPS) is 10.7. The summed E-state index contributed by atoms with van der Waals surface area (Å²) in [6.45, 7) is -1.87. The topological polar surface area (TPSA) is 139 Å². The summed E-state index contributed by atoms with van der Waals surface area (Å²) in [5.74, 6) is -1.82. The molecule has 2 N–H and O–H groups in total. The molecule has 0 saturated heterocycles. The second kappa shape index (κ2) is 9.32. The predicted octanol–water partition coefficient (Wildman–Crippen LogP) is 0.253. The van der Waals surface area contributed by atoms with Gasteiger partial charge in [-0.3, -0.25) is 14.5 Å². The maximum Gasteiger partial charge on any atom is 0.317 e. The van der Waals surface area contributed by atoms with E-state index in [1.807, 2.05) is 0 Å². The van der Waals surface area contributed by atoms with Crippen LogP contribution in [0.5, 0.6) is 5.75 Å². The van der Waals surface area contributed by atoms with Crippen molar-refractivity contribution in [3.63, 3.8) is 0 Å². The molecule has 10 nitrogen and oxygen atoms in total. The van der Waals surface area contributed by atoms with E-state index >= 15 is 0 Å². The largest absolute Gasteiger partial charge is 0.491 e. The molecule has 2 rings (SSSR count). The first-order valence-corrected chi connectivity index (χ1v) is 7.48. The van der Waals surface area contributed by atoms with E-state index in [-0.39, 0.29) is 24.7 Å². The van der Waals surface area contributed by atoms with Crippen molar-refractivity contribution >= 4 is 11.9 Å². The smallest absolute Gasteiger partial charge is 0.317 e. The van der Waals surface area contributed by atoms with E-state index in [1.165, 1.54) is 11.2 Å². The number of carboxylic acid groups (broad SMARTS) is 2. The Morgan fingerprint density at radius 2 is 1.77 bits per heavy atom. The Kier molecular flexibility index (Phi) is 6.85. The molecule has 1 aromatic heterocycles. The van der Waals surface area contributed by atoms with Crippen molar-refractivity contribution in [2.24, 2.45) is 0 Å². The van der Waals surface area contributed by atoms with Gasteiger partial charge in [-0.15, -0.1) is 20.4 Å². The second-order valence-corrected chi connectivity index (χ2v) is 5.16. The van der Waals surface area contributed by atoms with E-state index in [0.717, 1.165) is 0 Å². The first-order valence-electron chi connectivity index (χ1n) is 7.48. The fourth-order valence-electron chi connectivity index (χ4n) is 2.22. The average Bonchev–Trinajstić information content (AvgIpc) is 2.60. The van der Waals surface area contributed by atoms with Crippen LogP contribution in [0, 0.1) is 0 Å². The number of alkyl halides is 1. The number of benzene rings is 1. The van der Waals surface area contributed by atoms with Crippen LogP contribution in [-0.4, -0.2) is 73.8 Å². The summed E-state index contributed by atoms with van der Waals surface area (Å²) in [7, 11) is 0. The third kappa shape index (κ3) is 5.70. The van der Waals surface area contributed by atoms with Crippen LogP contribution < -0.4 is 4.74 Å². The Labute approximate surface area is 147 Å². The third-order valence-corrected chi connectivity index (χ3v) is 3.18. The van der Waals surface area contributed by atoms with Gasteiger partial charge in [-0.25, -0.2) is 4.39 Å². The molecule has 0 spiro atoms. The third-order valence-electron chi connectivity index (χ3n) is 3.18. The fourth-order valence-corrected chi connectivity index (χ4v) is 2.22. The van der Waals surface area contributed by atoms with Crippen LogP contribution in [0.2, 0.25) is 0 Å². The zero-order valence-corrected chi connectivity index (χ0v) is 13.6. The van der Waals surface area contributed by atoms with Crippen molar-refractivity contribution in [1.82, 2.24) is 25.3 Å². The minimum absolute atomic E-state index is 0.00730. The molecule has 0 fully saturated rings. The molecular weight excluding hydrogens is 349 g/mol. The summed E-state index contributed by atoms with van der Waals surface area (Å²) in [5.41, 5.74) is 1.02. The SMILES string of the molecule is O=C(O)CN(CC(=O)O)Cc1ccc(-c2nncnn2)cc1OCCF. The average molecular weight is 365 g/mol. The highest BCUT2D eigenvalue weighted by Gasteiger charge is 2.17. The summed E-state index contributed by atoms with van der Waals surface area (Å²) in [6.07, 6.45) is 1.17. The lowest BCUT2D eigenvalue weighted by molar-refractivity contribution is -0.142. The fraction of sp³-hybridized carbons (Fsp3) is 0.333. The van der Waals surface area contributed by atoms with E-state index in [9.17, 15) is 14.0 Å². The molecule has 0 radical (unpaired) electrons. The van der Waals surface area contributed by atoms with E-state index in [1.54, 1.807) is 18.2 Å². The minimum atomic E-state index is -1.16. The number of ether oxygens (including phenoxy) is 1. The van der Waals surface area contributed by atoms with Crippen LogP contribution in [0.1, 0.15) is 5.56 Å². The van der Waals surface area contributed by atoms with Gasteiger partial charge in [0.2, 0.25) is 5.82 Å². The monoisotopic (exact) mass is 365 g/mol. The van der Waals surface area contributed by atoms with Crippen molar-refractivity contribution in [2.45, 2.75) is 6.54 Å². The molecule has 0 saturated carbocycles. The minimum Gasteiger partial charge on any atom is -0.491 e. The van der Waals surface area contributed by atoms with Gasteiger partial charge in [0.1, 0.15) is 19.0 Å². The van der Waals surface area contributed by atoms with Gasteiger partial charge in [-0.1, -0.05) is 12.1 Å². The molecule has 1 aromatic carbocycles. The Morgan fingerprint density at radius 1 is 1.12 bits per heavy atom. The van der Waals surface area contributed by atoms with Crippen LogP contribution in [0.3, 0.4) is 0 Å². The first-order chi connectivity index (χ1) is 12.5. The highest BCUT2D eigenvalue weighted by Crippen LogP contribution is 2.26. The molecule has 11 heteroatoms. The summed E-state index contributed by atoms with van der Waals surface area (Å²) in [4.78, 5) is 23.1. The van der Waals surface area contributed by atoms with Gasteiger partial charge >= 0.3 is 11.9 Å². The lowest BCUT2D eigenvalue weighted by Gasteiger charge is -2.20. The van der Waals surface area contributed by atoms with Crippen LogP contribution in [0.4, 0.5) is 4.39 Å². The Bertz CT molecular complexity index is 745. The number of halogens is 1. The van der Waals surface area contributed by atoms with Gasteiger partial charge in [0.05, 0.1) is 13.1 Å². The molecule has 0 aliphatic rings. The van der Waals surface area contributed by atoms with Crippen molar-refractivity contribution in [3.05, 3.63) is 30.1 Å². The Balaban J connectivity index is 2.30. The number of nitrogens with zero attached hydrogens (tertiary/aromatic N) is 5. The van der Waals surface area contributed by atoms with Crippen molar-refractivity contribution in [2.75, 3.05) is 26.4 Å². The summed E-state index contributed by atoms with van der Waals surface area (Å²) >= 11 is 0. The summed E-state index contributed by atoms with van der Waals surface area (Å²) < 4.78 is 17.9. The van der Waals surface area contributed by atoms with Gasteiger partial charge in [0, 0.05) is 17.7 Å². The highest BCUT2D eigenvalue weighted by atomic mass is 19.1. The van der Waals surface area contributed by atoms with Crippen molar-refractivity contribution < 1.29 is 28.9 Å². The number of aromatic nitrogens is 4. The van der Waals surface area contributed by atoms with Gasteiger partial charge in [-0.05, 0) is 6.07 Å². The zero-order valence-electron chi connectivity index (χ0n) is 13.6. The molecule has 0 amide bonds. The number of aliphatic carboxylic acids is 2. The van der Waals surface area contributed by atoms with Crippen molar-refractivity contribution in [1.29, 1.82) is 0 Å². The van der Waals surface area contributed by atoms with Crippen LogP contribution in [0.25, 0.3) is 11.4 Å². The number of rotatable bonds is 10. The molecule has 2 aromatic rings. The quantitative estimate of drug-likeness (QED) is 0.602. The van der Waals surface area contributed by atoms with E-state index < -0.39 is 31.7 Å². The molecular formula is C15H16FN5O5. The molecule has 0 aliphatic heterocycles.